The fraction of sp³-hybridized carbons (Fsp3) is 0.500. The molecule has 98 valence electrons. The number of carbonyl (C=O) groups is 1. The van der Waals surface area contributed by atoms with E-state index in [2.05, 4.69) is 5.32 Å². The van der Waals surface area contributed by atoms with Crippen LogP contribution in [0.3, 0.4) is 0 Å². The molecular formula is C14H20N2O2. The highest BCUT2D eigenvalue weighted by molar-refractivity contribution is 5.94. The second-order valence-corrected chi connectivity index (χ2v) is 4.75. The zero-order valence-electron chi connectivity index (χ0n) is 10.7. The summed E-state index contributed by atoms with van der Waals surface area (Å²) in [6, 6.07) is 7.19. The number of carbonyl (C=O) groups excluding carboxylic acids is 1. The molecule has 4 heteroatoms. The lowest BCUT2D eigenvalue weighted by atomic mass is 9.76. The number of hydrogen-bond donors (Lipinski definition) is 2. The monoisotopic (exact) mass is 248 g/mol. The van der Waals surface area contributed by atoms with E-state index >= 15 is 0 Å². The molecule has 1 aromatic carbocycles. The number of benzene rings is 1. The first-order chi connectivity index (χ1) is 8.69. The molecule has 0 aromatic heterocycles. The van der Waals surface area contributed by atoms with Crippen molar-refractivity contribution in [2.45, 2.75) is 31.7 Å². The van der Waals surface area contributed by atoms with Crippen LogP contribution in [-0.2, 0) is 0 Å². The van der Waals surface area contributed by atoms with Gasteiger partial charge in [0.2, 0.25) is 0 Å². The second kappa shape index (κ2) is 5.40. The van der Waals surface area contributed by atoms with Crippen LogP contribution >= 0.6 is 0 Å². The Morgan fingerprint density at radius 3 is 2.50 bits per heavy atom. The number of rotatable bonds is 5. The molecule has 1 fully saturated rings. The molecule has 0 atom stereocenters. The van der Waals surface area contributed by atoms with Crippen molar-refractivity contribution in [3.8, 4) is 5.75 Å². The Bertz CT molecular complexity index is 405. The minimum Gasteiger partial charge on any atom is -0.494 e. The van der Waals surface area contributed by atoms with Crippen LogP contribution in [0.2, 0.25) is 0 Å². The fourth-order valence-corrected chi connectivity index (χ4v) is 2.17. The van der Waals surface area contributed by atoms with Crippen LogP contribution in [0.4, 0.5) is 0 Å². The van der Waals surface area contributed by atoms with Gasteiger partial charge in [-0.15, -0.1) is 0 Å². The van der Waals surface area contributed by atoms with Gasteiger partial charge < -0.3 is 15.8 Å². The number of amides is 1. The highest BCUT2D eigenvalue weighted by Gasteiger charge is 2.36. The number of nitrogens with two attached hydrogens (primary N) is 1. The molecule has 0 heterocycles. The van der Waals surface area contributed by atoms with Gasteiger partial charge in [0.05, 0.1) is 12.1 Å². The van der Waals surface area contributed by atoms with E-state index in [1.54, 1.807) is 12.1 Å². The number of ether oxygens (including phenoxy) is 1. The maximum Gasteiger partial charge on any atom is 0.251 e. The summed E-state index contributed by atoms with van der Waals surface area (Å²) in [5.74, 6) is 0.731. The first-order valence-corrected chi connectivity index (χ1v) is 6.44. The van der Waals surface area contributed by atoms with Crippen molar-refractivity contribution in [2.24, 2.45) is 5.73 Å². The van der Waals surface area contributed by atoms with E-state index in [9.17, 15) is 4.79 Å². The van der Waals surface area contributed by atoms with Gasteiger partial charge in [-0.25, -0.2) is 0 Å². The topological polar surface area (TPSA) is 64.3 Å². The summed E-state index contributed by atoms with van der Waals surface area (Å²) in [5.41, 5.74) is 6.20. The average Bonchev–Trinajstić information content (AvgIpc) is 2.35. The molecule has 0 saturated heterocycles. The average molecular weight is 248 g/mol. The third-order valence-corrected chi connectivity index (χ3v) is 3.51. The molecule has 18 heavy (non-hydrogen) atoms. The molecule has 1 aliphatic rings. The van der Waals surface area contributed by atoms with E-state index in [-0.39, 0.29) is 11.4 Å². The molecular weight excluding hydrogens is 228 g/mol. The molecule has 0 aliphatic heterocycles. The van der Waals surface area contributed by atoms with Crippen LogP contribution in [0.5, 0.6) is 5.75 Å². The van der Waals surface area contributed by atoms with E-state index in [4.69, 9.17) is 10.5 Å². The first-order valence-electron chi connectivity index (χ1n) is 6.44. The summed E-state index contributed by atoms with van der Waals surface area (Å²) in [7, 11) is 0. The van der Waals surface area contributed by atoms with Crippen molar-refractivity contribution >= 4 is 5.91 Å². The van der Waals surface area contributed by atoms with Crippen LogP contribution in [0.15, 0.2) is 24.3 Å². The van der Waals surface area contributed by atoms with Crippen molar-refractivity contribution < 1.29 is 9.53 Å². The van der Waals surface area contributed by atoms with Gasteiger partial charge in [-0.05, 0) is 50.5 Å². The van der Waals surface area contributed by atoms with Crippen molar-refractivity contribution in [1.82, 2.24) is 5.32 Å². The van der Waals surface area contributed by atoms with E-state index in [0.29, 0.717) is 18.7 Å². The molecule has 1 aromatic rings. The maximum absolute atomic E-state index is 12.1. The van der Waals surface area contributed by atoms with Crippen molar-refractivity contribution in [2.75, 3.05) is 13.2 Å². The number of nitrogens with one attached hydrogen (secondary N) is 1. The second-order valence-electron chi connectivity index (χ2n) is 4.75. The standard InChI is InChI=1S/C14H20N2O2/c1-2-18-12-6-4-11(5-7-12)13(17)16-14(10-15)8-3-9-14/h4-7H,2-3,8-10,15H2,1H3,(H,16,17). The third kappa shape index (κ3) is 2.64. The van der Waals surface area contributed by atoms with Gasteiger partial charge >= 0.3 is 0 Å². The molecule has 0 radical (unpaired) electrons. The molecule has 1 saturated carbocycles. The van der Waals surface area contributed by atoms with Crippen LogP contribution in [0, 0.1) is 0 Å². The Balaban J connectivity index is 2.00. The van der Waals surface area contributed by atoms with E-state index in [0.717, 1.165) is 25.0 Å². The smallest absolute Gasteiger partial charge is 0.251 e. The molecule has 0 unspecified atom stereocenters. The Hall–Kier alpha value is -1.55. The summed E-state index contributed by atoms with van der Waals surface area (Å²) < 4.78 is 5.34. The Labute approximate surface area is 108 Å². The Morgan fingerprint density at radius 1 is 1.39 bits per heavy atom. The van der Waals surface area contributed by atoms with Crippen LogP contribution in [-0.4, -0.2) is 24.6 Å². The summed E-state index contributed by atoms with van der Waals surface area (Å²) in [4.78, 5) is 12.1. The summed E-state index contributed by atoms with van der Waals surface area (Å²) >= 11 is 0. The molecule has 1 amide bonds. The SMILES string of the molecule is CCOc1ccc(C(=O)NC2(CN)CCC2)cc1. The zero-order valence-corrected chi connectivity index (χ0v) is 10.7. The minimum atomic E-state index is -0.171. The van der Waals surface area contributed by atoms with Gasteiger partial charge in [-0.1, -0.05) is 0 Å². The molecule has 3 N–H and O–H groups in total. The Morgan fingerprint density at radius 2 is 2.06 bits per heavy atom. The third-order valence-electron chi connectivity index (χ3n) is 3.51. The largest absolute Gasteiger partial charge is 0.494 e. The quantitative estimate of drug-likeness (QED) is 0.833. The molecule has 4 nitrogen and oxygen atoms in total. The van der Waals surface area contributed by atoms with E-state index in [1.165, 1.54) is 0 Å². The lowest BCUT2D eigenvalue weighted by Crippen LogP contribution is -2.58. The number of hydrogen-bond acceptors (Lipinski definition) is 3. The van der Waals surface area contributed by atoms with Gasteiger partial charge in [-0.3, -0.25) is 4.79 Å². The molecule has 2 rings (SSSR count). The highest BCUT2D eigenvalue weighted by Crippen LogP contribution is 2.31. The fourth-order valence-electron chi connectivity index (χ4n) is 2.17. The molecule has 0 spiro atoms. The van der Waals surface area contributed by atoms with Gasteiger partial charge in [0.15, 0.2) is 0 Å². The van der Waals surface area contributed by atoms with Crippen molar-refractivity contribution in [3.63, 3.8) is 0 Å². The lowest BCUT2D eigenvalue weighted by molar-refractivity contribution is 0.0837. The van der Waals surface area contributed by atoms with Gasteiger partial charge in [0.25, 0.3) is 5.91 Å². The maximum atomic E-state index is 12.1. The summed E-state index contributed by atoms with van der Waals surface area (Å²) in [5, 5.41) is 3.04. The van der Waals surface area contributed by atoms with Gasteiger partial charge in [-0.2, -0.15) is 0 Å². The summed E-state index contributed by atoms with van der Waals surface area (Å²) in [6.45, 7) is 3.07. The normalized spacial score (nSPS) is 16.8. The van der Waals surface area contributed by atoms with Crippen LogP contribution in [0.25, 0.3) is 0 Å². The van der Waals surface area contributed by atoms with Gasteiger partial charge in [0, 0.05) is 12.1 Å². The van der Waals surface area contributed by atoms with Crippen LogP contribution < -0.4 is 15.8 Å². The summed E-state index contributed by atoms with van der Waals surface area (Å²) in [6.07, 6.45) is 3.10. The lowest BCUT2D eigenvalue weighted by Gasteiger charge is -2.41. The predicted octanol–water partition coefficient (Wildman–Crippen LogP) is 1.70. The van der Waals surface area contributed by atoms with Gasteiger partial charge in [0.1, 0.15) is 5.75 Å². The minimum absolute atomic E-state index is 0.0526. The Kier molecular flexibility index (Phi) is 3.87. The van der Waals surface area contributed by atoms with Crippen molar-refractivity contribution in [1.29, 1.82) is 0 Å². The predicted molar refractivity (Wildman–Crippen MR) is 70.7 cm³/mol. The van der Waals surface area contributed by atoms with E-state index < -0.39 is 0 Å². The molecule has 0 bridgehead atoms. The van der Waals surface area contributed by atoms with Crippen molar-refractivity contribution in [3.05, 3.63) is 29.8 Å². The first kappa shape index (κ1) is 12.9. The van der Waals surface area contributed by atoms with Crippen LogP contribution in [0.1, 0.15) is 36.5 Å². The van der Waals surface area contributed by atoms with E-state index in [1.807, 2.05) is 19.1 Å². The highest BCUT2D eigenvalue weighted by atomic mass is 16.5. The molecule has 1 aliphatic carbocycles. The zero-order chi connectivity index (χ0) is 13.0.